The van der Waals surface area contributed by atoms with Gasteiger partial charge in [-0.15, -0.1) is 0 Å². The predicted molar refractivity (Wildman–Crippen MR) is 79.2 cm³/mol. The molecular formula is C14H13ClFN3O2. The molecular weight excluding hydrogens is 297 g/mol. The number of amides is 1. The normalized spacial score (nSPS) is 10.2. The number of nitrogens with two attached hydrogens (primary N) is 1. The molecule has 3 N–H and O–H groups in total. The summed E-state index contributed by atoms with van der Waals surface area (Å²) < 4.78 is 18.8. The Morgan fingerprint density at radius 3 is 2.90 bits per heavy atom. The summed E-state index contributed by atoms with van der Waals surface area (Å²) in [6.07, 6.45) is 1.29. The van der Waals surface area contributed by atoms with Gasteiger partial charge in [-0.25, -0.2) is 9.37 Å². The van der Waals surface area contributed by atoms with Crippen molar-refractivity contribution in [3.05, 3.63) is 47.0 Å². The van der Waals surface area contributed by atoms with Crippen LogP contribution < -0.4 is 15.8 Å². The van der Waals surface area contributed by atoms with Gasteiger partial charge in [0.1, 0.15) is 5.15 Å². The number of nitrogens with zero attached hydrogens (tertiary/aromatic N) is 1. The highest BCUT2D eigenvalue weighted by molar-refractivity contribution is 6.30. The summed E-state index contributed by atoms with van der Waals surface area (Å²) in [5.41, 5.74) is 6.30. The van der Waals surface area contributed by atoms with Crippen molar-refractivity contribution in [3.63, 3.8) is 0 Å². The Morgan fingerprint density at radius 1 is 1.48 bits per heavy atom. The van der Waals surface area contributed by atoms with E-state index in [1.807, 2.05) is 0 Å². The number of hydrogen-bond donors (Lipinski definition) is 2. The number of nitrogens with one attached hydrogen (secondary N) is 1. The van der Waals surface area contributed by atoms with Gasteiger partial charge in [-0.05, 0) is 25.1 Å². The minimum Gasteiger partial charge on any atom is -0.491 e. The van der Waals surface area contributed by atoms with E-state index in [4.69, 9.17) is 22.1 Å². The molecule has 0 unspecified atom stereocenters. The highest BCUT2D eigenvalue weighted by Crippen LogP contribution is 2.22. The molecule has 5 nitrogen and oxygen atoms in total. The Kier molecular flexibility index (Phi) is 4.59. The first kappa shape index (κ1) is 15.1. The molecule has 0 saturated heterocycles. The number of halogens is 2. The van der Waals surface area contributed by atoms with Crippen molar-refractivity contribution in [1.29, 1.82) is 0 Å². The molecule has 1 heterocycles. The molecule has 7 heteroatoms. The van der Waals surface area contributed by atoms with Crippen LogP contribution in [0.15, 0.2) is 30.5 Å². The molecule has 2 aromatic rings. The molecule has 1 amide bonds. The second kappa shape index (κ2) is 6.41. The van der Waals surface area contributed by atoms with Crippen molar-refractivity contribution in [2.75, 3.05) is 17.7 Å². The number of benzene rings is 1. The van der Waals surface area contributed by atoms with Crippen molar-refractivity contribution in [2.24, 2.45) is 0 Å². The number of carbonyl (C=O) groups excluding carboxylic acids is 1. The van der Waals surface area contributed by atoms with Gasteiger partial charge >= 0.3 is 0 Å². The summed E-state index contributed by atoms with van der Waals surface area (Å²) in [6, 6.07) is 5.49. The lowest BCUT2D eigenvalue weighted by Gasteiger charge is -2.09. The smallest absolute Gasteiger partial charge is 0.257 e. The summed E-state index contributed by atoms with van der Waals surface area (Å²) in [5, 5.41) is 2.68. The highest BCUT2D eigenvalue weighted by atomic mass is 35.5. The number of pyridine rings is 1. The van der Waals surface area contributed by atoms with Gasteiger partial charge in [-0.3, -0.25) is 4.79 Å². The van der Waals surface area contributed by atoms with Crippen LogP contribution in [0.25, 0.3) is 0 Å². The second-order valence-corrected chi connectivity index (χ2v) is 4.51. The molecule has 0 radical (unpaired) electrons. The summed E-state index contributed by atoms with van der Waals surface area (Å²) in [6.45, 7) is 2.11. The molecule has 110 valence electrons. The molecule has 0 bridgehead atoms. The summed E-state index contributed by atoms with van der Waals surface area (Å²) >= 11 is 5.72. The minimum atomic E-state index is -0.560. The van der Waals surface area contributed by atoms with Crippen LogP contribution in [-0.2, 0) is 0 Å². The van der Waals surface area contributed by atoms with Gasteiger partial charge in [0, 0.05) is 11.8 Å². The van der Waals surface area contributed by atoms with Gasteiger partial charge in [0.05, 0.1) is 24.1 Å². The van der Waals surface area contributed by atoms with E-state index in [2.05, 4.69) is 10.3 Å². The predicted octanol–water partition coefficient (Wildman–Crippen LogP) is 3.11. The van der Waals surface area contributed by atoms with Crippen molar-refractivity contribution in [1.82, 2.24) is 4.98 Å². The Morgan fingerprint density at radius 2 is 2.24 bits per heavy atom. The number of rotatable bonds is 4. The van der Waals surface area contributed by atoms with E-state index in [0.717, 1.165) is 0 Å². The van der Waals surface area contributed by atoms with Gasteiger partial charge in [0.25, 0.3) is 5.91 Å². The second-order valence-electron chi connectivity index (χ2n) is 4.13. The average molecular weight is 310 g/mol. The summed E-state index contributed by atoms with van der Waals surface area (Å²) in [5.74, 6) is -0.933. The third kappa shape index (κ3) is 3.61. The molecule has 2 rings (SSSR count). The largest absolute Gasteiger partial charge is 0.491 e. The zero-order valence-electron chi connectivity index (χ0n) is 11.2. The lowest BCUT2D eigenvalue weighted by atomic mass is 10.2. The van der Waals surface area contributed by atoms with Crippen molar-refractivity contribution < 1.29 is 13.9 Å². The Bertz CT molecular complexity index is 679. The van der Waals surface area contributed by atoms with E-state index in [1.165, 1.54) is 30.5 Å². The molecule has 0 aliphatic rings. The van der Waals surface area contributed by atoms with E-state index in [1.54, 1.807) is 6.92 Å². The van der Waals surface area contributed by atoms with Gasteiger partial charge in [0.15, 0.2) is 11.6 Å². The molecule has 21 heavy (non-hydrogen) atoms. The molecule has 0 atom stereocenters. The molecule has 0 spiro atoms. The maximum atomic E-state index is 13.7. The first-order chi connectivity index (χ1) is 10.0. The lowest BCUT2D eigenvalue weighted by molar-refractivity contribution is 0.102. The SMILES string of the molecule is CCOc1ccc(NC(=O)c2cc(Cl)ncc2N)cc1F. The van der Waals surface area contributed by atoms with Crippen molar-refractivity contribution in [3.8, 4) is 5.75 Å². The third-order valence-electron chi connectivity index (χ3n) is 2.64. The topological polar surface area (TPSA) is 77.2 Å². The molecule has 0 aliphatic heterocycles. The summed E-state index contributed by atoms with van der Waals surface area (Å²) in [7, 11) is 0. The quantitative estimate of drug-likeness (QED) is 0.851. The monoisotopic (exact) mass is 309 g/mol. The number of anilines is 2. The number of ether oxygens (including phenoxy) is 1. The van der Waals surface area contributed by atoms with Crippen LogP contribution in [0.1, 0.15) is 17.3 Å². The van der Waals surface area contributed by atoms with Crippen LogP contribution in [0.4, 0.5) is 15.8 Å². The van der Waals surface area contributed by atoms with Crippen LogP contribution in [0.3, 0.4) is 0 Å². The van der Waals surface area contributed by atoms with Crippen LogP contribution in [0.2, 0.25) is 5.15 Å². The Labute approximate surface area is 125 Å². The lowest BCUT2D eigenvalue weighted by Crippen LogP contribution is -2.14. The van der Waals surface area contributed by atoms with Crippen molar-refractivity contribution in [2.45, 2.75) is 6.92 Å². The maximum Gasteiger partial charge on any atom is 0.257 e. The van der Waals surface area contributed by atoms with Crippen molar-refractivity contribution >= 4 is 28.9 Å². The van der Waals surface area contributed by atoms with E-state index < -0.39 is 11.7 Å². The number of carbonyl (C=O) groups is 1. The fourth-order valence-electron chi connectivity index (χ4n) is 1.69. The zero-order valence-corrected chi connectivity index (χ0v) is 11.9. The highest BCUT2D eigenvalue weighted by Gasteiger charge is 2.12. The first-order valence-corrected chi connectivity index (χ1v) is 6.53. The molecule has 1 aromatic heterocycles. The van der Waals surface area contributed by atoms with Crippen LogP contribution >= 0.6 is 11.6 Å². The fourth-order valence-corrected chi connectivity index (χ4v) is 1.84. The first-order valence-electron chi connectivity index (χ1n) is 6.16. The third-order valence-corrected chi connectivity index (χ3v) is 2.84. The van der Waals surface area contributed by atoms with Gasteiger partial charge in [0.2, 0.25) is 0 Å². The van der Waals surface area contributed by atoms with E-state index in [0.29, 0.717) is 6.61 Å². The number of nitrogen functional groups attached to an aromatic ring is 1. The standard InChI is InChI=1S/C14H13ClFN3O2/c1-2-21-12-4-3-8(5-10(12)16)19-14(20)9-6-13(15)18-7-11(9)17/h3-7H,2,17H2,1H3,(H,19,20). The Hall–Kier alpha value is -2.34. The molecule has 1 aromatic carbocycles. The Balaban J connectivity index is 2.19. The zero-order chi connectivity index (χ0) is 15.4. The minimum absolute atomic E-state index is 0.127. The van der Waals surface area contributed by atoms with Crippen LogP contribution in [0.5, 0.6) is 5.75 Å². The molecule has 0 saturated carbocycles. The van der Waals surface area contributed by atoms with Gasteiger partial charge in [-0.2, -0.15) is 0 Å². The molecule has 0 fully saturated rings. The fraction of sp³-hybridized carbons (Fsp3) is 0.143. The summed E-state index contributed by atoms with van der Waals surface area (Å²) in [4.78, 5) is 15.8. The number of aromatic nitrogens is 1. The van der Waals surface area contributed by atoms with Crippen LogP contribution in [-0.4, -0.2) is 17.5 Å². The maximum absolute atomic E-state index is 13.7. The molecule has 0 aliphatic carbocycles. The van der Waals surface area contributed by atoms with E-state index in [-0.39, 0.29) is 27.8 Å². The van der Waals surface area contributed by atoms with Gasteiger partial charge < -0.3 is 15.8 Å². The van der Waals surface area contributed by atoms with E-state index >= 15 is 0 Å². The number of hydrogen-bond acceptors (Lipinski definition) is 4. The van der Waals surface area contributed by atoms with Crippen LogP contribution in [0, 0.1) is 5.82 Å². The van der Waals surface area contributed by atoms with Gasteiger partial charge in [-0.1, -0.05) is 11.6 Å². The van der Waals surface area contributed by atoms with E-state index in [9.17, 15) is 9.18 Å². The average Bonchev–Trinajstić information content (AvgIpc) is 2.44.